The number of fused-ring (bicyclic) bond motifs is 1. The Hall–Kier alpha value is -0.0400. The van der Waals surface area contributed by atoms with Gasteiger partial charge in [-0.05, 0) is 44.7 Å². The Kier molecular flexibility index (Phi) is 2.69. The lowest BCUT2D eigenvalue weighted by molar-refractivity contribution is 0.183. The lowest BCUT2D eigenvalue weighted by Crippen LogP contribution is -2.35. The summed E-state index contributed by atoms with van der Waals surface area (Å²) in [5.74, 6) is 1.07. The average molecular weight is 167 g/mol. The monoisotopic (exact) mass is 167 g/mol. The van der Waals surface area contributed by atoms with Gasteiger partial charge in [0.05, 0.1) is 0 Å². The minimum Gasteiger partial charge on any atom is -0.300 e. The molecule has 0 aromatic heterocycles. The lowest BCUT2D eigenvalue weighted by Gasteiger charge is -2.31. The van der Waals surface area contributed by atoms with E-state index in [0.29, 0.717) is 0 Å². The number of rotatable bonds is 2. The molecule has 70 valence electrons. The summed E-state index contributed by atoms with van der Waals surface area (Å²) < 4.78 is 0. The van der Waals surface area contributed by atoms with Crippen molar-refractivity contribution in [3.63, 3.8) is 0 Å². The summed E-state index contributed by atoms with van der Waals surface area (Å²) in [6, 6.07) is 0.985. The van der Waals surface area contributed by atoms with Gasteiger partial charge in [-0.3, -0.25) is 0 Å². The molecule has 2 atom stereocenters. The number of hydrogen-bond acceptors (Lipinski definition) is 1. The maximum absolute atomic E-state index is 2.74. The van der Waals surface area contributed by atoms with Crippen molar-refractivity contribution in [1.29, 1.82) is 0 Å². The highest BCUT2D eigenvalue weighted by Crippen LogP contribution is 2.35. The summed E-state index contributed by atoms with van der Waals surface area (Å²) in [7, 11) is 0. The van der Waals surface area contributed by atoms with Crippen molar-refractivity contribution < 1.29 is 0 Å². The average Bonchev–Trinajstić information content (AvgIpc) is 2.50. The molecule has 0 radical (unpaired) electrons. The number of likely N-dealkylation sites (tertiary alicyclic amines) is 1. The van der Waals surface area contributed by atoms with Gasteiger partial charge in [0, 0.05) is 6.04 Å². The van der Waals surface area contributed by atoms with Crippen LogP contribution in [0.5, 0.6) is 0 Å². The normalized spacial score (nSPS) is 36.8. The van der Waals surface area contributed by atoms with E-state index in [2.05, 4.69) is 11.8 Å². The molecule has 1 saturated carbocycles. The molecule has 0 N–H and O–H groups in total. The molecule has 1 saturated heterocycles. The van der Waals surface area contributed by atoms with Crippen LogP contribution in [-0.2, 0) is 0 Å². The molecule has 2 fully saturated rings. The molecule has 2 rings (SSSR count). The van der Waals surface area contributed by atoms with Crippen LogP contribution in [0.2, 0.25) is 0 Å². The van der Waals surface area contributed by atoms with Crippen molar-refractivity contribution in [3.8, 4) is 0 Å². The van der Waals surface area contributed by atoms with E-state index in [1.165, 1.54) is 51.6 Å². The standard InChI is InChI=1S/C11H21N/c1-2-8-12-9-7-10-5-3-4-6-11(10)12/h10-11H,2-9H2,1H3. The maximum atomic E-state index is 2.74. The maximum Gasteiger partial charge on any atom is 0.0124 e. The smallest absolute Gasteiger partial charge is 0.0124 e. The third kappa shape index (κ3) is 1.52. The van der Waals surface area contributed by atoms with Gasteiger partial charge in [0.1, 0.15) is 0 Å². The van der Waals surface area contributed by atoms with Crippen LogP contribution < -0.4 is 0 Å². The molecule has 1 heteroatoms. The van der Waals surface area contributed by atoms with Crippen LogP contribution in [0.1, 0.15) is 45.4 Å². The fraction of sp³-hybridized carbons (Fsp3) is 1.00. The molecule has 1 aliphatic heterocycles. The van der Waals surface area contributed by atoms with E-state index < -0.39 is 0 Å². The van der Waals surface area contributed by atoms with Crippen LogP contribution in [-0.4, -0.2) is 24.0 Å². The Morgan fingerprint density at radius 1 is 1.17 bits per heavy atom. The summed E-state index contributed by atoms with van der Waals surface area (Å²) in [5, 5.41) is 0. The van der Waals surface area contributed by atoms with Gasteiger partial charge in [0.2, 0.25) is 0 Å². The van der Waals surface area contributed by atoms with E-state index in [9.17, 15) is 0 Å². The van der Waals surface area contributed by atoms with Crippen molar-refractivity contribution in [2.24, 2.45) is 5.92 Å². The molecule has 0 aromatic rings. The van der Waals surface area contributed by atoms with Gasteiger partial charge in [0.25, 0.3) is 0 Å². The summed E-state index contributed by atoms with van der Waals surface area (Å²) in [6.45, 7) is 5.04. The molecule has 0 spiro atoms. The van der Waals surface area contributed by atoms with E-state index in [4.69, 9.17) is 0 Å². The first-order valence-corrected chi connectivity index (χ1v) is 5.66. The first kappa shape index (κ1) is 8.55. The van der Waals surface area contributed by atoms with Crippen molar-refractivity contribution in [2.45, 2.75) is 51.5 Å². The van der Waals surface area contributed by atoms with Crippen LogP contribution in [0.25, 0.3) is 0 Å². The Morgan fingerprint density at radius 3 is 2.83 bits per heavy atom. The third-order valence-electron chi connectivity index (χ3n) is 3.64. The molecule has 2 aliphatic rings. The molecule has 0 bridgehead atoms. The van der Waals surface area contributed by atoms with E-state index in [1.807, 2.05) is 0 Å². The van der Waals surface area contributed by atoms with Crippen LogP contribution in [0.15, 0.2) is 0 Å². The lowest BCUT2D eigenvalue weighted by atomic mass is 9.85. The van der Waals surface area contributed by atoms with E-state index in [-0.39, 0.29) is 0 Å². The van der Waals surface area contributed by atoms with Gasteiger partial charge >= 0.3 is 0 Å². The van der Waals surface area contributed by atoms with Gasteiger partial charge in [-0.25, -0.2) is 0 Å². The van der Waals surface area contributed by atoms with Gasteiger partial charge in [-0.15, -0.1) is 0 Å². The Balaban J connectivity index is 1.92. The second-order valence-electron chi connectivity index (χ2n) is 4.44. The fourth-order valence-electron chi connectivity index (χ4n) is 3.07. The predicted octanol–water partition coefficient (Wildman–Crippen LogP) is 2.66. The quantitative estimate of drug-likeness (QED) is 0.611. The first-order valence-electron chi connectivity index (χ1n) is 5.66. The Bertz CT molecular complexity index is 144. The fourth-order valence-corrected chi connectivity index (χ4v) is 3.07. The van der Waals surface area contributed by atoms with Gasteiger partial charge < -0.3 is 4.90 Å². The largest absolute Gasteiger partial charge is 0.300 e. The zero-order valence-corrected chi connectivity index (χ0v) is 8.26. The Morgan fingerprint density at radius 2 is 2.00 bits per heavy atom. The predicted molar refractivity (Wildman–Crippen MR) is 52.2 cm³/mol. The third-order valence-corrected chi connectivity index (χ3v) is 3.64. The van der Waals surface area contributed by atoms with Crippen molar-refractivity contribution in [2.75, 3.05) is 13.1 Å². The van der Waals surface area contributed by atoms with E-state index in [0.717, 1.165) is 12.0 Å². The number of nitrogens with zero attached hydrogens (tertiary/aromatic N) is 1. The summed E-state index contributed by atoms with van der Waals surface area (Å²) >= 11 is 0. The molecule has 1 heterocycles. The van der Waals surface area contributed by atoms with Crippen LogP contribution in [0.4, 0.5) is 0 Å². The molecule has 1 nitrogen and oxygen atoms in total. The summed E-state index contributed by atoms with van der Waals surface area (Å²) in [5.41, 5.74) is 0. The second kappa shape index (κ2) is 3.78. The highest BCUT2D eigenvalue weighted by Gasteiger charge is 2.34. The molecule has 0 aromatic carbocycles. The van der Waals surface area contributed by atoms with Crippen LogP contribution in [0.3, 0.4) is 0 Å². The van der Waals surface area contributed by atoms with Gasteiger partial charge in [-0.1, -0.05) is 19.8 Å². The molecular formula is C11H21N. The molecule has 12 heavy (non-hydrogen) atoms. The van der Waals surface area contributed by atoms with Crippen LogP contribution >= 0.6 is 0 Å². The zero-order chi connectivity index (χ0) is 8.39. The number of hydrogen-bond donors (Lipinski definition) is 0. The minimum absolute atomic E-state index is 0.985. The molecular weight excluding hydrogens is 146 g/mol. The minimum atomic E-state index is 0.985. The van der Waals surface area contributed by atoms with Crippen LogP contribution in [0, 0.1) is 5.92 Å². The zero-order valence-electron chi connectivity index (χ0n) is 8.26. The van der Waals surface area contributed by atoms with E-state index in [1.54, 1.807) is 0 Å². The van der Waals surface area contributed by atoms with Gasteiger partial charge in [-0.2, -0.15) is 0 Å². The second-order valence-corrected chi connectivity index (χ2v) is 4.44. The van der Waals surface area contributed by atoms with Crippen molar-refractivity contribution in [3.05, 3.63) is 0 Å². The topological polar surface area (TPSA) is 3.24 Å². The van der Waals surface area contributed by atoms with Gasteiger partial charge in [0.15, 0.2) is 0 Å². The van der Waals surface area contributed by atoms with Crippen molar-refractivity contribution >= 4 is 0 Å². The molecule has 1 aliphatic carbocycles. The van der Waals surface area contributed by atoms with E-state index >= 15 is 0 Å². The highest BCUT2D eigenvalue weighted by molar-refractivity contribution is 4.89. The molecule has 0 amide bonds. The summed E-state index contributed by atoms with van der Waals surface area (Å²) in [4.78, 5) is 2.74. The first-order chi connectivity index (χ1) is 5.92. The summed E-state index contributed by atoms with van der Waals surface area (Å²) in [6.07, 6.45) is 8.83. The molecule has 2 unspecified atom stereocenters. The Labute approximate surface area is 76.1 Å². The van der Waals surface area contributed by atoms with Crippen molar-refractivity contribution in [1.82, 2.24) is 4.90 Å². The SMILES string of the molecule is CCCN1CCC2CCCCC21. The highest BCUT2D eigenvalue weighted by atomic mass is 15.2.